The number of para-hydroxylation sites is 1. The second-order valence-corrected chi connectivity index (χ2v) is 4.37. The Balaban J connectivity index is 2.65. The van der Waals surface area contributed by atoms with Gasteiger partial charge in [0, 0.05) is 12.0 Å². The molecule has 2 atom stereocenters. The highest BCUT2D eigenvalue weighted by Gasteiger charge is 2.10. The van der Waals surface area contributed by atoms with Crippen LogP contribution in [0.2, 0.25) is 0 Å². The summed E-state index contributed by atoms with van der Waals surface area (Å²) in [5.74, 6) is 1.38. The summed E-state index contributed by atoms with van der Waals surface area (Å²) in [5, 5.41) is 0. The summed E-state index contributed by atoms with van der Waals surface area (Å²) in [4.78, 5) is 0. The van der Waals surface area contributed by atoms with Gasteiger partial charge in [-0.1, -0.05) is 25.1 Å². The van der Waals surface area contributed by atoms with Gasteiger partial charge in [0.05, 0.1) is 6.61 Å². The van der Waals surface area contributed by atoms with Gasteiger partial charge in [-0.15, -0.1) is 0 Å². The van der Waals surface area contributed by atoms with Crippen molar-refractivity contribution in [3.05, 3.63) is 29.3 Å². The molecule has 15 heavy (non-hydrogen) atoms. The number of nitrogens with two attached hydrogens (primary N) is 1. The van der Waals surface area contributed by atoms with Crippen LogP contribution in [-0.2, 0) is 0 Å². The first kappa shape index (κ1) is 12.1. The molecular weight excluding hydrogens is 186 g/mol. The molecule has 0 bridgehead atoms. The molecule has 2 N–H and O–H groups in total. The fourth-order valence-corrected chi connectivity index (χ4v) is 1.39. The Bertz CT molecular complexity index is 300. The summed E-state index contributed by atoms with van der Waals surface area (Å²) < 4.78 is 5.81. The predicted molar refractivity (Wildman–Crippen MR) is 64.2 cm³/mol. The average molecular weight is 207 g/mol. The summed E-state index contributed by atoms with van der Waals surface area (Å²) in [7, 11) is 0. The van der Waals surface area contributed by atoms with Crippen LogP contribution in [0.1, 0.15) is 25.0 Å². The highest BCUT2D eigenvalue weighted by molar-refractivity contribution is 5.39. The highest BCUT2D eigenvalue weighted by atomic mass is 16.5. The normalized spacial score (nSPS) is 14.7. The zero-order chi connectivity index (χ0) is 11.4. The van der Waals surface area contributed by atoms with Crippen molar-refractivity contribution in [2.24, 2.45) is 11.7 Å². The Morgan fingerprint density at radius 1 is 1.20 bits per heavy atom. The molecule has 1 aromatic carbocycles. The molecule has 0 fully saturated rings. The monoisotopic (exact) mass is 207 g/mol. The molecule has 2 nitrogen and oxygen atoms in total. The van der Waals surface area contributed by atoms with E-state index in [9.17, 15) is 0 Å². The summed E-state index contributed by atoms with van der Waals surface area (Å²) in [5.41, 5.74) is 8.17. The van der Waals surface area contributed by atoms with Crippen molar-refractivity contribution in [1.82, 2.24) is 0 Å². The van der Waals surface area contributed by atoms with Gasteiger partial charge >= 0.3 is 0 Å². The molecule has 2 heteroatoms. The quantitative estimate of drug-likeness (QED) is 0.823. The number of benzene rings is 1. The lowest BCUT2D eigenvalue weighted by Gasteiger charge is -2.18. The standard InChI is InChI=1S/C13H21NO/c1-9-6-5-7-10(2)13(9)15-8-11(3)12(4)14/h5-7,11-12H,8,14H2,1-4H3/t11?,12-/m1/s1. The average Bonchev–Trinajstić information content (AvgIpc) is 2.16. The molecular formula is C13H21NO. The lowest BCUT2D eigenvalue weighted by molar-refractivity contribution is 0.240. The molecule has 0 spiro atoms. The van der Waals surface area contributed by atoms with E-state index in [-0.39, 0.29) is 6.04 Å². The van der Waals surface area contributed by atoms with Gasteiger partial charge in [0.15, 0.2) is 0 Å². The van der Waals surface area contributed by atoms with Gasteiger partial charge in [-0.2, -0.15) is 0 Å². The Hall–Kier alpha value is -1.02. The Morgan fingerprint density at radius 3 is 2.20 bits per heavy atom. The second kappa shape index (κ2) is 5.17. The maximum Gasteiger partial charge on any atom is 0.125 e. The fourth-order valence-electron chi connectivity index (χ4n) is 1.39. The number of ether oxygens (including phenoxy) is 1. The van der Waals surface area contributed by atoms with Crippen LogP contribution in [-0.4, -0.2) is 12.6 Å². The topological polar surface area (TPSA) is 35.2 Å². The maximum atomic E-state index is 5.81. The lowest BCUT2D eigenvalue weighted by atomic mass is 10.1. The molecule has 0 heterocycles. The van der Waals surface area contributed by atoms with E-state index in [0.29, 0.717) is 12.5 Å². The third kappa shape index (κ3) is 3.24. The third-order valence-corrected chi connectivity index (χ3v) is 2.80. The van der Waals surface area contributed by atoms with Gasteiger partial charge in [0.25, 0.3) is 0 Å². The van der Waals surface area contributed by atoms with E-state index in [0.717, 1.165) is 5.75 Å². The van der Waals surface area contributed by atoms with Crippen molar-refractivity contribution >= 4 is 0 Å². The lowest BCUT2D eigenvalue weighted by Crippen LogP contribution is -2.29. The summed E-state index contributed by atoms with van der Waals surface area (Å²) >= 11 is 0. The highest BCUT2D eigenvalue weighted by Crippen LogP contribution is 2.22. The van der Waals surface area contributed by atoms with Crippen LogP contribution in [0.25, 0.3) is 0 Å². The van der Waals surface area contributed by atoms with E-state index in [1.54, 1.807) is 0 Å². The smallest absolute Gasteiger partial charge is 0.125 e. The van der Waals surface area contributed by atoms with Crippen LogP contribution >= 0.6 is 0 Å². The van der Waals surface area contributed by atoms with E-state index >= 15 is 0 Å². The third-order valence-electron chi connectivity index (χ3n) is 2.80. The molecule has 0 aliphatic rings. The molecule has 0 saturated heterocycles. The van der Waals surface area contributed by atoms with E-state index in [4.69, 9.17) is 10.5 Å². The van der Waals surface area contributed by atoms with Gasteiger partial charge in [-0.25, -0.2) is 0 Å². The molecule has 0 aromatic heterocycles. The van der Waals surface area contributed by atoms with Gasteiger partial charge in [0.1, 0.15) is 5.75 Å². The van der Waals surface area contributed by atoms with Crippen molar-refractivity contribution in [2.45, 2.75) is 33.7 Å². The molecule has 1 rings (SSSR count). The number of rotatable bonds is 4. The fraction of sp³-hybridized carbons (Fsp3) is 0.538. The van der Waals surface area contributed by atoms with Gasteiger partial charge < -0.3 is 10.5 Å². The van der Waals surface area contributed by atoms with Crippen LogP contribution in [0, 0.1) is 19.8 Å². The van der Waals surface area contributed by atoms with Crippen molar-refractivity contribution < 1.29 is 4.74 Å². The van der Waals surface area contributed by atoms with Gasteiger partial charge in [0.2, 0.25) is 0 Å². The minimum atomic E-state index is 0.175. The number of aryl methyl sites for hydroxylation is 2. The van der Waals surface area contributed by atoms with Crippen molar-refractivity contribution in [2.75, 3.05) is 6.61 Å². The minimum absolute atomic E-state index is 0.175. The van der Waals surface area contributed by atoms with Crippen molar-refractivity contribution in [3.63, 3.8) is 0 Å². The molecule has 1 unspecified atom stereocenters. The molecule has 0 aliphatic heterocycles. The van der Waals surface area contributed by atoms with Crippen LogP contribution in [0.4, 0.5) is 0 Å². The van der Waals surface area contributed by atoms with Crippen molar-refractivity contribution in [3.8, 4) is 5.75 Å². The Kier molecular flexibility index (Phi) is 4.15. The second-order valence-electron chi connectivity index (χ2n) is 4.37. The van der Waals surface area contributed by atoms with E-state index < -0.39 is 0 Å². The summed E-state index contributed by atoms with van der Waals surface area (Å²) in [6.07, 6.45) is 0. The Morgan fingerprint density at radius 2 is 1.73 bits per heavy atom. The van der Waals surface area contributed by atoms with Gasteiger partial charge in [-0.05, 0) is 31.9 Å². The van der Waals surface area contributed by atoms with E-state index in [1.165, 1.54) is 11.1 Å². The van der Waals surface area contributed by atoms with Crippen LogP contribution in [0.15, 0.2) is 18.2 Å². The molecule has 84 valence electrons. The van der Waals surface area contributed by atoms with Crippen LogP contribution < -0.4 is 10.5 Å². The van der Waals surface area contributed by atoms with Crippen LogP contribution in [0.3, 0.4) is 0 Å². The van der Waals surface area contributed by atoms with E-state index in [1.807, 2.05) is 13.0 Å². The molecule has 0 radical (unpaired) electrons. The molecule has 0 amide bonds. The Labute approximate surface area is 92.4 Å². The largest absolute Gasteiger partial charge is 0.493 e. The molecule has 0 saturated carbocycles. The molecule has 0 aliphatic carbocycles. The number of hydrogen-bond donors (Lipinski definition) is 1. The van der Waals surface area contributed by atoms with Crippen LogP contribution in [0.5, 0.6) is 5.75 Å². The minimum Gasteiger partial charge on any atom is -0.493 e. The number of hydrogen-bond acceptors (Lipinski definition) is 2. The molecule has 1 aromatic rings. The first-order chi connectivity index (χ1) is 7.02. The van der Waals surface area contributed by atoms with Crippen molar-refractivity contribution in [1.29, 1.82) is 0 Å². The van der Waals surface area contributed by atoms with Gasteiger partial charge in [-0.3, -0.25) is 0 Å². The summed E-state index contributed by atoms with van der Waals surface area (Å²) in [6, 6.07) is 6.36. The SMILES string of the molecule is Cc1cccc(C)c1OCC(C)[C@@H](C)N. The first-order valence-corrected chi connectivity index (χ1v) is 5.47. The summed E-state index contributed by atoms with van der Waals surface area (Å²) in [6.45, 7) is 8.94. The zero-order valence-electron chi connectivity index (χ0n) is 10.1. The predicted octanol–water partition coefficient (Wildman–Crippen LogP) is 2.67. The zero-order valence-corrected chi connectivity index (χ0v) is 10.1. The maximum absolute atomic E-state index is 5.81. The first-order valence-electron chi connectivity index (χ1n) is 5.47. The van der Waals surface area contributed by atoms with E-state index in [2.05, 4.69) is 32.9 Å².